The van der Waals surface area contributed by atoms with E-state index < -0.39 is 0 Å². The van der Waals surface area contributed by atoms with E-state index in [0.717, 1.165) is 19.5 Å². The number of carbonyl (C=O) groups is 1. The summed E-state index contributed by atoms with van der Waals surface area (Å²) in [6.07, 6.45) is 1.05. The van der Waals surface area contributed by atoms with E-state index >= 15 is 0 Å². The number of rotatable bonds is 2. The maximum Gasteiger partial charge on any atom is 0.161 e. The molecule has 1 heterocycles. The van der Waals surface area contributed by atoms with Gasteiger partial charge in [0, 0.05) is 18.7 Å². The number of ketones is 1. The van der Waals surface area contributed by atoms with E-state index in [-0.39, 0.29) is 11.6 Å². The Morgan fingerprint density at radius 1 is 1.33 bits per heavy atom. The van der Waals surface area contributed by atoms with Crippen LogP contribution in [0.2, 0.25) is 0 Å². The average Bonchev–Trinajstić information content (AvgIpc) is 2.32. The third-order valence-corrected chi connectivity index (χ3v) is 4.02. The first-order chi connectivity index (χ1) is 8.50. The second-order valence-corrected chi connectivity index (χ2v) is 5.38. The number of halogens is 1. The van der Waals surface area contributed by atoms with Crippen molar-refractivity contribution in [1.82, 2.24) is 0 Å². The minimum atomic E-state index is -0.288. The van der Waals surface area contributed by atoms with E-state index in [9.17, 15) is 9.18 Å². The number of benzene rings is 1. The third-order valence-electron chi connectivity index (χ3n) is 4.02. The van der Waals surface area contributed by atoms with E-state index in [1.807, 2.05) is 4.90 Å². The summed E-state index contributed by atoms with van der Waals surface area (Å²) in [5.74, 6) is 0.826. The van der Waals surface area contributed by atoms with Gasteiger partial charge in [-0.2, -0.15) is 0 Å². The van der Waals surface area contributed by atoms with E-state index in [2.05, 4.69) is 13.8 Å². The Labute approximate surface area is 108 Å². The minimum absolute atomic E-state index is 0.0734. The summed E-state index contributed by atoms with van der Waals surface area (Å²) in [6, 6.07) is 4.75. The molecule has 1 saturated heterocycles. The van der Waals surface area contributed by atoms with Crippen molar-refractivity contribution in [2.24, 2.45) is 11.8 Å². The Kier molecular flexibility index (Phi) is 3.69. The van der Waals surface area contributed by atoms with Crippen LogP contribution in [-0.2, 0) is 0 Å². The predicted molar refractivity (Wildman–Crippen MR) is 71.6 cm³/mol. The largest absolute Gasteiger partial charge is 0.368 e. The zero-order valence-corrected chi connectivity index (χ0v) is 11.2. The summed E-state index contributed by atoms with van der Waals surface area (Å²) in [5.41, 5.74) is 0.987. The van der Waals surface area contributed by atoms with Crippen molar-refractivity contribution >= 4 is 11.5 Å². The van der Waals surface area contributed by atoms with Crippen LogP contribution in [0.15, 0.2) is 18.2 Å². The molecular formula is C15H20FNO. The van der Waals surface area contributed by atoms with Crippen molar-refractivity contribution < 1.29 is 9.18 Å². The number of anilines is 1. The van der Waals surface area contributed by atoms with Gasteiger partial charge < -0.3 is 4.90 Å². The minimum Gasteiger partial charge on any atom is -0.368 e. The quantitative estimate of drug-likeness (QED) is 0.747. The number of Topliss-reactive ketones (excluding diaryl/α,β-unsaturated/α-hetero) is 1. The predicted octanol–water partition coefficient (Wildman–Crippen LogP) is 3.51. The van der Waals surface area contributed by atoms with Gasteiger partial charge in [0.25, 0.3) is 0 Å². The molecule has 2 rings (SSSR count). The molecule has 2 unspecified atom stereocenters. The third kappa shape index (κ3) is 2.40. The van der Waals surface area contributed by atoms with Crippen molar-refractivity contribution in [3.8, 4) is 0 Å². The highest BCUT2D eigenvalue weighted by Gasteiger charge is 2.26. The average molecular weight is 249 g/mol. The molecule has 0 saturated carbocycles. The Morgan fingerprint density at radius 2 is 2.06 bits per heavy atom. The molecule has 0 bridgehead atoms. The topological polar surface area (TPSA) is 20.3 Å². The lowest BCUT2D eigenvalue weighted by Gasteiger charge is -2.37. The Balaban J connectivity index is 2.36. The molecule has 18 heavy (non-hydrogen) atoms. The highest BCUT2D eigenvalue weighted by Crippen LogP contribution is 2.31. The zero-order chi connectivity index (χ0) is 13.3. The second kappa shape index (κ2) is 5.09. The number of nitrogens with zero attached hydrogens (tertiary/aromatic N) is 1. The van der Waals surface area contributed by atoms with Crippen molar-refractivity contribution in [3.63, 3.8) is 0 Å². The van der Waals surface area contributed by atoms with Crippen molar-refractivity contribution in [2.75, 3.05) is 18.0 Å². The number of hydrogen-bond donors (Lipinski definition) is 0. The Morgan fingerprint density at radius 3 is 2.67 bits per heavy atom. The van der Waals surface area contributed by atoms with Gasteiger partial charge >= 0.3 is 0 Å². The van der Waals surface area contributed by atoms with E-state index in [0.29, 0.717) is 23.1 Å². The lowest BCUT2D eigenvalue weighted by Crippen LogP contribution is -2.39. The van der Waals surface area contributed by atoms with Gasteiger partial charge in [-0.1, -0.05) is 19.9 Å². The van der Waals surface area contributed by atoms with Gasteiger partial charge in [-0.3, -0.25) is 4.79 Å². The molecule has 1 aliphatic heterocycles. The molecule has 1 aromatic rings. The molecule has 0 aromatic heterocycles. The van der Waals surface area contributed by atoms with Crippen LogP contribution in [0.4, 0.5) is 10.1 Å². The number of piperidine rings is 1. The Hall–Kier alpha value is -1.38. The first-order valence-corrected chi connectivity index (χ1v) is 6.55. The van der Waals surface area contributed by atoms with Crippen LogP contribution in [-0.4, -0.2) is 18.9 Å². The van der Waals surface area contributed by atoms with Gasteiger partial charge in [-0.15, -0.1) is 0 Å². The van der Waals surface area contributed by atoms with Gasteiger partial charge in [-0.05, 0) is 37.3 Å². The second-order valence-electron chi connectivity index (χ2n) is 5.38. The lowest BCUT2D eigenvalue weighted by molar-refractivity contribution is 0.101. The van der Waals surface area contributed by atoms with E-state index in [1.54, 1.807) is 12.1 Å². The van der Waals surface area contributed by atoms with Crippen LogP contribution in [0, 0.1) is 17.7 Å². The molecule has 0 radical (unpaired) electrons. The van der Waals surface area contributed by atoms with Gasteiger partial charge in [0.15, 0.2) is 5.78 Å². The maximum atomic E-state index is 14.0. The maximum absolute atomic E-state index is 14.0. The molecule has 0 amide bonds. The highest BCUT2D eigenvalue weighted by atomic mass is 19.1. The molecule has 0 N–H and O–H groups in total. The van der Waals surface area contributed by atoms with Crippen LogP contribution in [0.1, 0.15) is 37.6 Å². The lowest BCUT2D eigenvalue weighted by atomic mass is 9.88. The summed E-state index contributed by atoms with van der Waals surface area (Å²) in [5, 5.41) is 0. The van der Waals surface area contributed by atoms with Crippen molar-refractivity contribution in [1.29, 1.82) is 0 Å². The molecular weight excluding hydrogens is 229 g/mol. The molecule has 0 aliphatic carbocycles. The fourth-order valence-electron chi connectivity index (χ4n) is 2.59. The summed E-state index contributed by atoms with van der Waals surface area (Å²) < 4.78 is 14.0. The van der Waals surface area contributed by atoms with E-state index in [4.69, 9.17) is 0 Å². The van der Waals surface area contributed by atoms with E-state index in [1.165, 1.54) is 13.0 Å². The van der Waals surface area contributed by atoms with Crippen molar-refractivity contribution in [2.45, 2.75) is 27.2 Å². The van der Waals surface area contributed by atoms with Crippen LogP contribution >= 0.6 is 0 Å². The van der Waals surface area contributed by atoms with Gasteiger partial charge in [0.05, 0.1) is 5.69 Å². The van der Waals surface area contributed by atoms with Crippen LogP contribution in [0.5, 0.6) is 0 Å². The van der Waals surface area contributed by atoms with Gasteiger partial charge in [-0.25, -0.2) is 4.39 Å². The molecule has 2 atom stereocenters. The van der Waals surface area contributed by atoms with Gasteiger partial charge in [0.1, 0.15) is 5.82 Å². The molecule has 1 fully saturated rings. The molecule has 0 spiro atoms. The van der Waals surface area contributed by atoms with Crippen LogP contribution in [0.25, 0.3) is 0 Å². The fraction of sp³-hybridized carbons (Fsp3) is 0.533. The molecule has 2 nitrogen and oxygen atoms in total. The zero-order valence-electron chi connectivity index (χ0n) is 11.2. The number of hydrogen-bond acceptors (Lipinski definition) is 2. The molecule has 1 aliphatic rings. The number of para-hydroxylation sites is 1. The SMILES string of the molecule is CC(=O)c1cccc(F)c1N1CCC(C)C(C)C1. The molecule has 3 heteroatoms. The molecule has 1 aromatic carbocycles. The number of carbonyl (C=O) groups excluding carboxylic acids is 1. The summed E-state index contributed by atoms with van der Waals surface area (Å²) in [4.78, 5) is 13.6. The standard InChI is InChI=1S/C15H20FNO/c1-10-7-8-17(9-11(10)2)15-13(12(3)18)5-4-6-14(15)16/h4-6,10-11H,7-9H2,1-3H3. The van der Waals surface area contributed by atoms with Crippen molar-refractivity contribution in [3.05, 3.63) is 29.6 Å². The normalized spacial score (nSPS) is 24.1. The first-order valence-electron chi connectivity index (χ1n) is 6.55. The first kappa shape index (κ1) is 13.1. The van der Waals surface area contributed by atoms with Gasteiger partial charge in [0.2, 0.25) is 0 Å². The Bertz CT molecular complexity index is 458. The van der Waals surface area contributed by atoms with Crippen LogP contribution < -0.4 is 4.90 Å². The molecule has 98 valence electrons. The van der Waals surface area contributed by atoms with Crippen LogP contribution in [0.3, 0.4) is 0 Å². The monoisotopic (exact) mass is 249 g/mol. The fourth-order valence-corrected chi connectivity index (χ4v) is 2.59. The summed E-state index contributed by atoms with van der Waals surface area (Å²) >= 11 is 0. The summed E-state index contributed by atoms with van der Waals surface area (Å²) in [6.45, 7) is 7.56. The summed E-state index contributed by atoms with van der Waals surface area (Å²) in [7, 11) is 0. The highest BCUT2D eigenvalue weighted by molar-refractivity contribution is 5.99. The smallest absolute Gasteiger partial charge is 0.161 e.